The van der Waals surface area contributed by atoms with E-state index in [0.717, 1.165) is 35.3 Å². The lowest BCUT2D eigenvalue weighted by molar-refractivity contribution is -0.136. The number of aliphatic carboxylic acids is 1. The predicted molar refractivity (Wildman–Crippen MR) is 86.0 cm³/mol. The van der Waals surface area contributed by atoms with E-state index in [0.29, 0.717) is 0 Å². The number of carboxylic acid groups (broad SMARTS) is 1. The lowest BCUT2D eigenvalue weighted by Crippen LogP contribution is -1.99. The molecular formula is C18H18N2O2. The number of rotatable bonds is 5. The molecule has 2 aromatic carbocycles. The molecule has 0 bridgehead atoms. The Morgan fingerprint density at radius 1 is 1.09 bits per heavy atom. The second-order valence-electron chi connectivity index (χ2n) is 5.59. The fourth-order valence-electron chi connectivity index (χ4n) is 2.53. The van der Waals surface area contributed by atoms with Gasteiger partial charge >= 0.3 is 5.97 Å². The highest BCUT2D eigenvalue weighted by Gasteiger charge is 2.06. The quantitative estimate of drug-likeness (QED) is 0.759. The van der Waals surface area contributed by atoms with Gasteiger partial charge in [0.05, 0.1) is 17.5 Å². The van der Waals surface area contributed by atoms with Crippen LogP contribution in [0.4, 0.5) is 0 Å². The van der Waals surface area contributed by atoms with Crippen molar-refractivity contribution in [2.45, 2.75) is 26.2 Å². The number of benzene rings is 2. The van der Waals surface area contributed by atoms with E-state index >= 15 is 0 Å². The van der Waals surface area contributed by atoms with Gasteiger partial charge in [0.25, 0.3) is 0 Å². The van der Waals surface area contributed by atoms with Crippen LogP contribution < -0.4 is 0 Å². The molecule has 1 aromatic heterocycles. The number of nitrogens with one attached hydrogen (secondary N) is 1. The van der Waals surface area contributed by atoms with Gasteiger partial charge in [0.1, 0.15) is 5.82 Å². The van der Waals surface area contributed by atoms with Crippen molar-refractivity contribution < 1.29 is 9.90 Å². The van der Waals surface area contributed by atoms with Crippen molar-refractivity contribution in [2.24, 2.45) is 0 Å². The molecule has 4 heteroatoms. The largest absolute Gasteiger partial charge is 0.481 e. The monoisotopic (exact) mass is 294 g/mol. The minimum Gasteiger partial charge on any atom is -0.481 e. The smallest absolute Gasteiger partial charge is 0.307 e. The molecule has 0 aliphatic heterocycles. The normalized spacial score (nSPS) is 11.0. The second kappa shape index (κ2) is 6.02. The van der Waals surface area contributed by atoms with Gasteiger partial charge in [0, 0.05) is 6.42 Å². The molecule has 0 aliphatic carbocycles. The van der Waals surface area contributed by atoms with Crippen molar-refractivity contribution in [2.75, 3.05) is 0 Å². The van der Waals surface area contributed by atoms with Crippen LogP contribution in [0.1, 0.15) is 22.5 Å². The van der Waals surface area contributed by atoms with Crippen molar-refractivity contribution >= 4 is 17.0 Å². The zero-order chi connectivity index (χ0) is 15.5. The summed E-state index contributed by atoms with van der Waals surface area (Å²) in [6.07, 6.45) is 1.81. The van der Waals surface area contributed by atoms with Crippen LogP contribution in [-0.2, 0) is 24.1 Å². The molecule has 22 heavy (non-hydrogen) atoms. The Hall–Kier alpha value is -2.62. The van der Waals surface area contributed by atoms with Crippen LogP contribution in [-0.4, -0.2) is 21.0 Å². The van der Waals surface area contributed by atoms with Crippen LogP contribution in [0.3, 0.4) is 0 Å². The Morgan fingerprint density at radius 3 is 2.55 bits per heavy atom. The molecule has 1 heterocycles. The molecular weight excluding hydrogens is 276 g/mol. The molecule has 4 nitrogen and oxygen atoms in total. The standard InChI is InChI=1S/C18H18N2O2/c1-12-2-4-13(5-3-12)7-9-17-19-15-8-6-14(11-18(21)22)10-16(15)20-17/h2-6,8,10H,7,9,11H2,1H3,(H,19,20)(H,21,22). The molecule has 0 saturated heterocycles. The van der Waals surface area contributed by atoms with Crippen LogP contribution in [0.25, 0.3) is 11.0 Å². The Labute approximate surface area is 128 Å². The van der Waals surface area contributed by atoms with E-state index in [9.17, 15) is 4.79 Å². The lowest BCUT2D eigenvalue weighted by Gasteiger charge is -2.00. The molecule has 0 unspecified atom stereocenters. The van der Waals surface area contributed by atoms with Crippen LogP contribution in [0.15, 0.2) is 42.5 Å². The van der Waals surface area contributed by atoms with Crippen LogP contribution >= 0.6 is 0 Å². The lowest BCUT2D eigenvalue weighted by atomic mass is 10.1. The maximum absolute atomic E-state index is 10.8. The third kappa shape index (κ3) is 3.34. The van der Waals surface area contributed by atoms with Gasteiger partial charge < -0.3 is 10.1 Å². The summed E-state index contributed by atoms with van der Waals surface area (Å²) in [6.45, 7) is 2.08. The molecule has 0 amide bonds. The summed E-state index contributed by atoms with van der Waals surface area (Å²) >= 11 is 0. The van der Waals surface area contributed by atoms with Crippen LogP contribution in [0.5, 0.6) is 0 Å². The van der Waals surface area contributed by atoms with Gasteiger partial charge in [-0.1, -0.05) is 35.9 Å². The van der Waals surface area contributed by atoms with Gasteiger partial charge in [-0.05, 0) is 36.6 Å². The number of aromatic amines is 1. The average Bonchev–Trinajstić information content (AvgIpc) is 2.88. The van der Waals surface area contributed by atoms with Gasteiger partial charge in [-0.3, -0.25) is 4.79 Å². The summed E-state index contributed by atoms with van der Waals surface area (Å²) < 4.78 is 0. The SMILES string of the molecule is Cc1ccc(CCc2nc3ccc(CC(=O)O)cc3[nH]2)cc1. The molecule has 0 aliphatic rings. The van der Waals surface area contributed by atoms with Crippen LogP contribution in [0, 0.1) is 6.92 Å². The zero-order valence-corrected chi connectivity index (χ0v) is 12.5. The van der Waals surface area contributed by atoms with Crippen molar-refractivity contribution in [3.05, 3.63) is 65.0 Å². The number of aromatic nitrogens is 2. The summed E-state index contributed by atoms with van der Waals surface area (Å²) in [4.78, 5) is 18.6. The van der Waals surface area contributed by atoms with Crippen molar-refractivity contribution in [3.63, 3.8) is 0 Å². The van der Waals surface area contributed by atoms with Crippen molar-refractivity contribution in [3.8, 4) is 0 Å². The number of nitrogens with zero attached hydrogens (tertiary/aromatic N) is 1. The highest BCUT2D eigenvalue weighted by molar-refractivity contribution is 5.78. The molecule has 3 aromatic rings. The maximum atomic E-state index is 10.8. The molecule has 0 radical (unpaired) electrons. The first-order valence-corrected chi connectivity index (χ1v) is 7.35. The third-order valence-electron chi connectivity index (χ3n) is 3.72. The Bertz CT molecular complexity index is 804. The zero-order valence-electron chi connectivity index (χ0n) is 12.5. The van der Waals surface area contributed by atoms with Gasteiger partial charge in [0.2, 0.25) is 0 Å². The van der Waals surface area contributed by atoms with Gasteiger partial charge in [-0.25, -0.2) is 4.98 Å². The molecule has 0 atom stereocenters. The third-order valence-corrected chi connectivity index (χ3v) is 3.72. The predicted octanol–water partition coefficient (Wildman–Crippen LogP) is 3.28. The van der Waals surface area contributed by atoms with E-state index < -0.39 is 5.97 Å². The fourth-order valence-corrected chi connectivity index (χ4v) is 2.53. The topological polar surface area (TPSA) is 66.0 Å². The van der Waals surface area contributed by atoms with E-state index in [1.165, 1.54) is 11.1 Å². The first-order chi connectivity index (χ1) is 10.6. The molecule has 2 N–H and O–H groups in total. The molecule has 0 fully saturated rings. The van der Waals surface area contributed by atoms with Gasteiger partial charge in [-0.2, -0.15) is 0 Å². The average molecular weight is 294 g/mol. The van der Waals surface area contributed by atoms with E-state index in [1.807, 2.05) is 18.2 Å². The Kier molecular flexibility index (Phi) is 3.92. The summed E-state index contributed by atoms with van der Waals surface area (Å²) in [7, 11) is 0. The number of fused-ring (bicyclic) bond motifs is 1. The van der Waals surface area contributed by atoms with Crippen molar-refractivity contribution in [1.82, 2.24) is 9.97 Å². The first kappa shape index (κ1) is 14.3. The number of carbonyl (C=O) groups is 1. The summed E-state index contributed by atoms with van der Waals surface area (Å²) in [5, 5.41) is 8.85. The highest BCUT2D eigenvalue weighted by atomic mass is 16.4. The number of hydrogen-bond acceptors (Lipinski definition) is 2. The van der Waals surface area contributed by atoms with E-state index in [4.69, 9.17) is 5.11 Å². The number of aryl methyl sites for hydroxylation is 3. The van der Waals surface area contributed by atoms with E-state index in [-0.39, 0.29) is 6.42 Å². The summed E-state index contributed by atoms with van der Waals surface area (Å²) in [5.41, 5.74) is 5.12. The first-order valence-electron chi connectivity index (χ1n) is 7.35. The maximum Gasteiger partial charge on any atom is 0.307 e. The van der Waals surface area contributed by atoms with Gasteiger partial charge in [-0.15, -0.1) is 0 Å². The molecule has 0 spiro atoms. The van der Waals surface area contributed by atoms with Crippen LogP contribution in [0.2, 0.25) is 0 Å². The Balaban J connectivity index is 1.74. The summed E-state index contributed by atoms with van der Waals surface area (Å²) in [6, 6.07) is 14.1. The number of H-pyrrole nitrogens is 1. The molecule has 112 valence electrons. The highest BCUT2D eigenvalue weighted by Crippen LogP contribution is 2.16. The minimum absolute atomic E-state index is 0.0354. The summed E-state index contributed by atoms with van der Waals surface area (Å²) in [5.74, 6) is 0.113. The second-order valence-corrected chi connectivity index (χ2v) is 5.59. The molecule has 3 rings (SSSR count). The number of hydrogen-bond donors (Lipinski definition) is 2. The Morgan fingerprint density at radius 2 is 1.82 bits per heavy atom. The van der Waals surface area contributed by atoms with Crippen molar-refractivity contribution in [1.29, 1.82) is 0 Å². The number of carboxylic acids is 1. The number of imidazole rings is 1. The van der Waals surface area contributed by atoms with Gasteiger partial charge in [0.15, 0.2) is 0 Å². The van der Waals surface area contributed by atoms with E-state index in [1.54, 1.807) is 0 Å². The van der Waals surface area contributed by atoms with E-state index in [2.05, 4.69) is 41.2 Å². The fraction of sp³-hybridized carbons (Fsp3) is 0.222. The molecule has 0 saturated carbocycles. The minimum atomic E-state index is -0.821.